The van der Waals surface area contributed by atoms with E-state index in [1.54, 1.807) is 0 Å². The zero-order valence-corrected chi connectivity index (χ0v) is 29.4. The van der Waals surface area contributed by atoms with Crippen LogP contribution in [0.25, 0.3) is 0 Å². The zero-order valence-electron chi connectivity index (χ0n) is 29.4. The van der Waals surface area contributed by atoms with Gasteiger partial charge in [-0.2, -0.15) is 0 Å². The van der Waals surface area contributed by atoms with Crippen molar-refractivity contribution in [2.75, 3.05) is 119 Å². The van der Waals surface area contributed by atoms with E-state index in [1.807, 2.05) is 54.6 Å². The molecule has 0 aliphatic rings. The van der Waals surface area contributed by atoms with E-state index in [-0.39, 0.29) is 12.6 Å². The number of ether oxygens (including phenoxy) is 10. The summed E-state index contributed by atoms with van der Waals surface area (Å²) in [7, 11) is 0. The predicted molar refractivity (Wildman–Crippen MR) is 188 cm³/mol. The van der Waals surface area contributed by atoms with E-state index in [1.165, 1.54) is 6.92 Å². The fraction of sp³-hybridized carbons (Fsp3) is 0.513. The van der Waals surface area contributed by atoms with Gasteiger partial charge in [-0.1, -0.05) is 91.0 Å². The van der Waals surface area contributed by atoms with Crippen LogP contribution >= 0.6 is 0 Å². The summed E-state index contributed by atoms with van der Waals surface area (Å²) in [5.41, 5.74) is 2.44. The van der Waals surface area contributed by atoms with Gasteiger partial charge in [0.2, 0.25) is 0 Å². The third-order valence-corrected chi connectivity index (χ3v) is 7.22. The largest absolute Gasteiger partial charge is 0.463 e. The number of hydrogen-bond donors (Lipinski definition) is 0. The average molecular weight is 699 g/mol. The molecule has 0 N–H and O–H groups in total. The first kappa shape index (κ1) is 41.2. The number of carbonyl (C=O) groups excluding carboxylic acids is 1. The van der Waals surface area contributed by atoms with Gasteiger partial charge in [0, 0.05) is 6.92 Å². The first-order valence-corrected chi connectivity index (χ1v) is 17.3. The van der Waals surface area contributed by atoms with Gasteiger partial charge in [-0.05, 0) is 16.7 Å². The van der Waals surface area contributed by atoms with Crippen molar-refractivity contribution in [1.82, 2.24) is 0 Å². The first-order valence-electron chi connectivity index (χ1n) is 17.3. The molecule has 11 heteroatoms. The molecular formula is C39H54O11. The summed E-state index contributed by atoms with van der Waals surface area (Å²) in [6.07, 6.45) is 0. The average Bonchev–Trinajstić information content (AvgIpc) is 3.15. The lowest BCUT2D eigenvalue weighted by molar-refractivity contribution is -0.142. The lowest BCUT2D eigenvalue weighted by Crippen LogP contribution is -2.34. The van der Waals surface area contributed by atoms with Crippen molar-refractivity contribution >= 4 is 5.97 Å². The Bertz CT molecular complexity index is 1120. The van der Waals surface area contributed by atoms with Crippen molar-refractivity contribution in [3.63, 3.8) is 0 Å². The quantitative estimate of drug-likeness (QED) is 0.0531. The van der Waals surface area contributed by atoms with Crippen LogP contribution < -0.4 is 0 Å². The Hall–Kier alpha value is -3.23. The molecule has 3 aromatic carbocycles. The highest BCUT2D eigenvalue weighted by atomic mass is 16.6. The van der Waals surface area contributed by atoms with Gasteiger partial charge in [0.05, 0.1) is 112 Å². The highest BCUT2D eigenvalue weighted by Gasteiger charge is 2.37. The molecule has 0 spiro atoms. The van der Waals surface area contributed by atoms with Gasteiger partial charge in [0.15, 0.2) is 0 Å². The summed E-state index contributed by atoms with van der Waals surface area (Å²) in [4.78, 5) is 10.6. The molecule has 50 heavy (non-hydrogen) atoms. The number of carbonyl (C=O) groups is 1. The molecule has 276 valence electrons. The molecule has 0 saturated heterocycles. The summed E-state index contributed by atoms with van der Waals surface area (Å²) in [6, 6.07) is 30.9. The van der Waals surface area contributed by atoms with Gasteiger partial charge in [-0.15, -0.1) is 0 Å². The van der Waals surface area contributed by atoms with Crippen molar-refractivity contribution in [1.29, 1.82) is 0 Å². The van der Waals surface area contributed by atoms with Crippen molar-refractivity contribution in [2.24, 2.45) is 0 Å². The summed E-state index contributed by atoms with van der Waals surface area (Å²) in [6.45, 7) is 9.56. The molecule has 0 atom stereocenters. The molecular weight excluding hydrogens is 644 g/mol. The van der Waals surface area contributed by atoms with Gasteiger partial charge >= 0.3 is 5.97 Å². The smallest absolute Gasteiger partial charge is 0.302 e. The maximum absolute atomic E-state index is 10.6. The summed E-state index contributed by atoms with van der Waals surface area (Å²) in [5.74, 6) is -0.311. The topological polar surface area (TPSA) is 109 Å². The molecule has 0 saturated carbocycles. The second-order valence-corrected chi connectivity index (χ2v) is 10.9. The van der Waals surface area contributed by atoms with E-state index in [0.29, 0.717) is 112 Å². The molecule has 0 radical (unpaired) electrons. The van der Waals surface area contributed by atoms with Crippen molar-refractivity contribution in [3.05, 3.63) is 108 Å². The Labute approximate surface area is 297 Å². The summed E-state index contributed by atoms with van der Waals surface area (Å²) in [5, 5.41) is 0. The monoisotopic (exact) mass is 698 g/mol. The predicted octanol–water partition coefficient (Wildman–Crippen LogP) is 4.69. The van der Waals surface area contributed by atoms with Gasteiger partial charge in [-0.25, -0.2) is 0 Å². The fourth-order valence-electron chi connectivity index (χ4n) is 4.91. The number of benzene rings is 3. The number of esters is 1. The SMILES string of the molecule is CC(=O)OCCOCCOCCOCCOCCOCCOCCOCCOCCOC(c1ccccc1)(c1ccccc1)c1ccccc1. The number of rotatable bonds is 31. The maximum atomic E-state index is 10.6. The van der Waals surface area contributed by atoms with E-state index in [0.717, 1.165) is 16.7 Å². The summed E-state index contributed by atoms with van der Waals surface area (Å²) >= 11 is 0. The maximum Gasteiger partial charge on any atom is 0.302 e. The normalized spacial score (nSPS) is 11.5. The van der Waals surface area contributed by atoms with Crippen LogP contribution in [-0.4, -0.2) is 125 Å². The standard InChI is InChI=1S/C39H54O11/c1-35(40)49-33-31-47-29-27-45-25-23-43-21-19-41-17-18-42-20-22-44-24-26-46-28-30-48-32-34-50-39(36-11-5-2-6-12-36,37-13-7-3-8-14-37)38-15-9-4-10-16-38/h2-16H,17-34H2,1H3. The van der Waals surface area contributed by atoms with Gasteiger partial charge < -0.3 is 47.4 Å². The van der Waals surface area contributed by atoms with Crippen LogP contribution in [0, 0.1) is 0 Å². The van der Waals surface area contributed by atoms with E-state index in [2.05, 4.69) is 36.4 Å². The van der Waals surface area contributed by atoms with Crippen LogP contribution in [-0.2, 0) is 57.8 Å². The minimum absolute atomic E-state index is 0.256. The highest BCUT2D eigenvalue weighted by Crippen LogP contribution is 2.40. The molecule has 0 amide bonds. The lowest BCUT2D eigenvalue weighted by atomic mass is 9.80. The fourth-order valence-corrected chi connectivity index (χ4v) is 4.91. The molecule has 0 aliphatic carbocycles. The minimum Gasteiger partial charge on any atom is -0.463 e. The van der Waals surface area contributed by atoms with E-state index < -0.39 is 5.60 Å². The third kappa shape index (κ3) is 17.1. The molecule has 3 rings (SSSR count). The molecule has 0 aromatic heterocycles. The number of hydrogen-bond acceptors (Lipinski definition) is 11. The first-order chi connectivity index (χ1) is 24.7. The molecule has 0 unspecified atom stereocenters. The van der Waals surface area contributed by atoms with Crippen molar-refractivity contribution in [3.8, 4) is 0 Å². The molecule has 3 aromatic rings. The second-order valence-electron chi connectivity index (χ2n) is 10.9. The van der Waals surface area contributed by atoms with E-state index >= 15 is 0 Å². The Balaban J connectivity index is 1.11. The van der Waals surface area contributed by atoms with Crippen molar-refractivity contribution in [2.45, 2.75) is 12.5 Å². The molecule has 0 heterocycles. The molecule has 0 aliphatic heterocycles. The second kappa shape index (κ2) is 27.5. The Morgan fingerprint density at radius 3 is 0.880 bits per heavy atom. The van der Waals surface area contributed by atoms with Crippen molar-refractivity contribution < 1.29 is 52.2 Å². The third-order valence-electron chi connectivity index (χ3n) is 7.22. The van der Waals surface area contributed by atoms with Crippen LogP contribution in [0.4, 0.5) is 0 Å². The highest BCUT2D eigenvalue weighted by molar-refractivity contribution is 5.65. The van der Waals surface area contributed by atoms with Gasteiger partial charge in [-0.3, -0.25) is 4.79 Å². The molecule has 0 bridgehead atoms. The Morgan fingerprint density at radius 2 is 0.620 bits per heavy atom. The van der Waals surface area contributed by atoms with E-state index in [4.69, 9.17) is 47.4 Å². The molecule has 11 nitrogen and oxygen atoms in total. The van der Waals surface area contributed by atoms with Crippen LogP contribution in [0.15, 0.2) is 91.0 Å². The van der Waals surface area contributed by atoms with E-state index in [9.17, 15) is 4.79 Å². The van der Waals surface area contributed by atoms with Gasteiger partial charge in [0.1, 0.15) is 12.2 Å². The Morgan fingerprint density at radius 1 is 0.380 bits per heavy atom. The zero-order chi connectivity index (χ0) is 35.2. The van der Waals surface area contributed by atoms with Crippen LogP contribution in [0.1, 0.15) is 23.6 Å². The van der Waals surface area contributed by atoms with Crippen LogP contribution in [0.5, 0.6) is 0 Å². The Kier molecular flexibility index (Phi) is 22.6. The molecule has 0 fully saturated rings. The minimum atomic E-state index is -0.753. The van der Waals surface area contributed by atoms with Gasteiger partial charge in [0.25, 0.3) is 0 Å². The summed E-state index contributed by atoms with van der Waals surface area (Å²) < 4.78 is 55.7. The van der Waals surface area contributed by atoms with Crippen LogP contribution in [0.3, 0.4) is 0 Å². The van der Waals surface area contributed by atoms with Crippen LogP contribution in [0.2, 0.25) is 0 Å². The lowest BCUT2D eigenvalue weighted by Gasteiger charge is -2.36.